The van der Waals surface area contributed by atoms with Crippen LogP contribution in [0.15, 0.2) is 48.8 Å². The van der Waals surface area contributed by atoms with Gasteiger partial charge in [-0.1, -0.05) is 32.0 Å². The van der Waals surface area contributed by atoms with E-state index in [0.29, 0.717) is 0 Å². The highest BCUT2D eigenvalue weighted by Crippen LogP contribution is 2.21. The van der Waals surface area contributed by atoms with E-state index in [9.17, 15) is 0 Å². The molecule has 2 aromatic rings. The fourth-order valence-electron chi connectivity index (χ4n) is 2.22. The molecule has 0 aliphatic rings. The Morgan fingerprint density at radius 1 is 1.15 bits per heavy atom. The van der Waals surface area contributed by atoms with Gasteiger partial charge < -0.3 is 10.6 Å². The maximum absolute atomic E-state index is 4.20. The molecule has 3 heteroatoms. The Balaban J connectivity index is 1.92. The highest BCUT2D eigenvalue weighted by Gasteiger charge is 2.19. The third kappa shape index (κ3) is 3.81. The van der Waals surface area contributed by atoms with Crippen LogP contribution in [0, 0.1) is 0 Å². The second-order valence-corrected chi connectivity index (χ2v) is 5.68. The van der Waals surface area contributed by atoms with Gasteiger partial charge in [-0.2, -0.15) is 0 Å². The second-order valence-electron chi connectivity index (χ2n) is 5.68. The molecule has 0 aliphatic carbocycles. The summed E-state index contributed by atoms with van der Waals surface area (Å²) in [6.45, 7) is 6.27. The van der Waals surface area contributed by atoms with Gasteiger partial charge in [0.05, 0.1) is 0 Å². The van der Waals surface area contributed by atoms with E-state index in [4.69, 9.17) is 0 Å². The quantitative estimate of drug-likeness (QED) is 0.845. The minimum absolute atomic E-state index is 0.0783. The average Bonchev–Trinajstić information content (AvgIpc) is 2.48. The van der Waals surface area contributed by atoms with Crippen LogP contribution in [-0.4, -0.2) is 18.6 Å². The smallest absolute Gasteiger partial charge is 0.0340 e. The molecule has 0 atom stereocenters. The number of nitrogens with zero attached hydrogens (tertiary/aromatic N) is 1. The van der Waals surface area contributed by atoms with Crippen LogP contribution in [-0.2, 0) is 12.0 Å². The van der Waals surface area contributed by atoms with E-state index in [1.54, 1.807) is 0 Å². The van der Waals surface area contributed by atoms with E-state index in [-0.39, 0.29) is 5.41 Å². The minimum atomic E-state index is 0.0783. The van der Waals surface area contributed by atoms with E-state index < -0.39 is 0 Å². The number of pyridine rings is 1. The molecule has 1 heterocycles. The third-order valence-corrected chi connectivity index (χ3v) is 3.55. The molecule has 3 nitrogen and oxygen atoms in total. The van der Waals surface area contributed by atoms with Gasteiger partial charge >= 0.3 is 0 Å². The van der Waals surface area contributed by atoms with E-state index in [2.05, 4.69) is 59.8 Å². The summed E-state index contributed by atoms with van der Waals surface area (Å²) in [5.41, 5.74) is 3.78. The summed E-state index contributed by atoms with van der Waals surface area (Å²) >= 11 is 0. The van der Waals surface area contributed by atoms with Crippen molar-refractivity contribution < 1.29 is 0 Å². The number of benzene rings is 1. The normalized spacial score (nSPS) is 11.3. The molecule has 1 aromatic heterocycles. The van der Waals surface area contributed by atoms with E-state index in [1.807, 2.05) is 25.5 Å². The predicted molar refractivity (Wildman–Crippen MR) is 85.0 cm³/mol. The first-order chi connectivity index (χ1) is 9.62. The van der Waals surface area contributed by atoms with E-state index >= 15 is 0 Å². The molecule has 0 amide bonds. The molecular weight excluding hydrogens is 246 g/mol. The fourth-order valence-corrected chi connectivity index (χ4v) is 2.22. The molecule has 0 radical (unpaired) electrons. The lowest BCUT2D eigenvalue weighted by molar-refractivity contribution is 0.467. The van der Waals surface area contributed by atoms with Gasteiger partial charge in [-0.05, 0) is 29.3 Å². The van der Waals surface area contributed by atoms with Crippen molar-refractivity contribution in [1.82, 2.24) is 10.3 Å². The average molecular weight is 269 g/mol. The van der Waals surface area contributed by atoms with Crippen molar-refractivity contribution in [3.05, 3.63) is 59.9 Å². The fraction of sp³-hybridized carbons (Fsp3) is 0.353. The molecule has 106 valence electrons. The molecule has 1 aromatic carbocycles. The number of hydrogen-bond donors (Lipinski definition) is 2. The van der Waals surface area contributed by atoms with Gasteiger partial charge in [-0.3, -0.25) is 4.98 Å². The molecule has 0 aliphatic heterocycles. The summed E-state index contributed by atoms with van der Waals surface area (Å²) in [7, 11) is 1.94. The number of rotatable bonds is 6. The number of anilines is 1. The van der Waals surface area contributed by atoms with Crippen LogP contribution in [0.5, 0.6) is 0 Å². The summed E-state index contributed by atoms with van der Waals surface area (Å²) in [6, 6.07) is 12.6. The number of aromatic nitrogens is 1. The highest BCUT2D eigenvalue weighted by atomic mass is 14.9. The van der Waals surface area contributed by atoms with Crippen molar-refractivity contribution in [2.75, 3.05) is 18.9 Å². The Morgan fingerprint density at radius 3 is 2.70 bits per heavy atom. The zero-order valence-corrected chi connectivity index (χ0v) is 12.5. The highest BCUT2D eigenvalue weighted by molar-refractivity contribution is 5.44. The SMILES string of the molecule is CNc1cccc(CNCC(C)(C)c2cccnc2)c1. The van der Waals surface area contributed by atoms with E-state index in [0.717, 1.165) is 18.8 Å². The Bertz CT molecular complexity index is 535. The molecule has 0 bridgehead atoms. The zero-order chi connectivity index (χ0) is 14.4. The molecule has 0 spiro atoms. The van der Waals surface area contributed by atoms with Crippen LogP contribution in [0.4, 0.5) is 5.69 Å². The van der Waals surface area contributed by atoms with Crippen molar-refractivity contribution in [1.29, 1.82) is 0 Å². The molecule has 0 fully saturated rings. The number of nitrogens with one attached hydrogen (secondary N) is 2. The molecule has 2 rings (SSSR count). The van der Waals surface area contributed by atoms with Gasteiger partial charge in [0, 0.05) is 43.6 Å². The third-order valence-electron chi connectivity index (χ3n) is 3.55. The Labute approximate surface area is 121 Å². The topological polar surface area (TPSA) is 37.0 Å². The maximum atomic E-state index is 4.20. The first kappa shape index (κ1) is 14.5. The van der Waals surface area contributed by atoms with Crippen molar-refractivity contribution in [2.45, 2.75) is 25.8 Å². The first-order valence-corrected chi connectivity index (χ1v) is 7.00. The molecule has 0 saturated carbocycles. The molecule has 2 N–H and O–H groups in total. The molecule has 0 unspecified atom stereocenters. The Kier molecular flexibility index (Phi) is 4.74. The summed E-state index contributed by atoms with van der Waals surface area (Å²) < 4.78 is 0. The second kappa shape index (κ2) is 6.53. The lowest BCUT2D eigenvalue weighted by Crippen LogP contribution is -2.32. The van der Waals surface area contributed by atoms with Crippen molar-refractivity contribution >= 4 is 5.69 Å². The maximum Gasteiger partial charge on any atom is 0.0340 e. The van der Waals surface area contributed by atoms with Gasteiger partial charge in [0.15, 0.2) is 0 Å². The first-order valence-electron chi connectivity index (χ1n) is 7.00. The van der Waals surface area contributed by atoms with Crippen LogP contribution in [0.3, 0.4) is 0 Å². The van der Waals surface area contributed by atoms with Gasteiger partial charge in [0.1, 0.15) is 0 Å². The van der Waals surface area contributed by atoms with E-state index in [1.165, 1.54) is 11.1 Å². The zero-order valence-electron chi connectivity index (χ0n) is 12.5. The van der Waals surface area contributed by atoms with Crippen molar-refractivity contribution in [3.8, 4) is 0 Å². The lowest BCUT2D eigenvalue weighted by atomic mass is 9.85. The van der Waals surface area contributed by atoms with Crippen molar-refractivity contribution in [2.24, 2.45) is 0 Å². The minimum Gasteiger partial charge on any atom is -0.388 e. The Hall–Kier alpha value is -1.87. The summed E-state index contributed by atoms with van der Waals surface area (Å²) in [5.74, 6) is 0. The van der Waals surface area contributed by atoms with Gasteiger partial charge in [-0.25, -0.2) is 0 Å². The van der Waals surface area contributed by atoms with Gasteiger partial charge in [0.2, 0.25) is 0 Å². The summed E-state index contributed by atoms with van der Waals surface area (Å²) in [5, 5.41) is 6.70. The standard InChI is InChI=1S/C17H23N3/c1-17(2,15-7-5-9-19-12-15)13-20-11-14-6-4-8-16(10-14)18-3/h4-10,12,18,20H,11,13H2,1-3H3. The molecule has 0 saturated heterocycles. The van der Waals surface area contributed by atoms with Gasteiger partial charge in [-0.15, -0.1) is 0 Å². The largest absolute Gasteiger partial charge is 0.388 e. The van der Waals surface area contributed by atoms with Crippen LogP contribution < -0.4 is 10.6 Å². The molecule has 20 heavy (non-hydrogen) atoms. The predicted octanol–water partition coefficient (Wildman–Crippen LogP) is 3.19. The van der Waals surface area contributed by atoms with Crippen LogP contribution in [0.25, 0.3) is 0 Å². The van der Waals surface area contributed by atoms with Crippen molar-refractivity contribution in [3.63, 3.8) is 0 Å². The molecular formula is C17H23N3. The van der Waals surface area contributed by atoms with Crippen LogP contribution in [0.1, 0.15) is 25.0 Å². The summed E-state index contributed by atoms with van der Waals surface area (Å²) in [6.07, 6.45) is 3.76. The van der Waals surface area contributed by atoms with Gasteiger partial charge in [0.25, 0.3) is 0 Å². The lowest BCUT2D eigenvalue weighted by Gasteiger charge is -2.25. The van der Waals surface area contributed by atoms with Crippen LogP contribution in [0.2, 0.25) is 0 Å². The Morgan fingerprint density at radius 2 is 2.00 bits per heavy atom. The summed E-state index contributed by atoms with van der Waals surface area (Å²) in [4.78, 5) is 4.20. The van der Waals surface area contributed by atoms with Crippen LogP contribution >= 0.6 is 0 Å². The monoisotopic (exact) mass is 269 g/mol. The number of hydrogen-bond acceptors (Lipinski definition) is 3.